The van der Waals surface area contributed by atoms with Gasteiger partial charge in [0.2, 0.25) is 0 Å². The molecule has 0 amide bonds. The highest BCUT2D eigenvalue weighted by Crippen LogP contribution is 1.91. The molecule has 11 heavy (non-hydrogen) atoms. The summed E-state index contributed by atoms with van der Waals surface area (Å²) in [6, 6.07) is 0. The van der Waals surface area contributed by atoms with Gasteiger partial charge < -0.3 is 10.5 Å². The van der Waals surface area contributed by atoms with Gasteiger partial charge in [0, 0.05) is 6.61 Å². The van der Waals surface area contributed by atoms with E-state index in [4.69, 9.17) is 10.5 Å². The number of nitrogens with zero attached hydrogens (tertiary/aromatic N) is 3. The normalized spacial score (nSPS) is 10.3. The maximum absolute atomic E-state index is 5.33. The average molecular weight is 156 g/mol. The van der Waals surface area contributed by atoms with Crippen LogP contribution in [0.4, 0.5) is 5.82 Å². The lowest BCUT2D eigenvalue weighted by atomic mass is 10.5. The van der Waals surface area contributed by atoms with E-state index in [1.165, 1.54) is 11.0 Å². The van der Waals surface area contributed by atoms with E-state index in [0.29, 0.717) is 12.5 Å². The second kappa shape index (κ2) is 3.92. The Morgan fingerprint density at radius 1 is 1.73 bits per heavy atom. The molecule has 0 unspecified atom stereocenters. The maximum atomic E-state index is 5.33. The molecule has 0 aliphatic rings. The van der Waals surface area contributed by atoms with Crippen LogP contribution >= 0.6 is 0 Å². The van der Waals surface area contributed by atoms with E-state index in [2.05, 4.69) is 10.2 Å². The molecule has 0 atom stereocenters. The zero-order valence-electron chi connectivity index (χ0n) is 6.53. The molecular formula is C6H12N4O. The molecule has 5 heteroatoms. The summed E-state index contributed by atoms with van der Waals surface area (Å²) >= 11 is 0. The highest BCUT2D eigenvalue weighted by Gasteiger charge is 1.93. The quantitative estimate of drug-likeness (QED) is 0.634. The predicted octanol–water partition coefficient (Wildman–Crippen LogP) is 0.244. The van der Waals surface area contributed by atoms with Gasteiger partial charge in [-0.3, -0.25) is 0 Å². The van der Waals surface area contributed by atoms with Gasteiger partial charge in [0.05, 0.1) is 6.20 Å². The minimum atomic E-state index is 0.380. The summed E-state index contributed by atoms with van der Waals surface area (Å²) in [6.45, 7) is 3.15. The summed E-state index contributed by atoms with van der Waals surface area (Å²) in [6.07, 6.45) is 2.49. The first-order valence-electron chi connectivity index (χ1n) is 3.56. The van der Waals surface area contributed by atoms with Gasteiger partial charge in [-0.15, -0.1) is 5.10 Å². The van der Waals surface area contributed by atoms with E-state index in [1.54, 1.807) is 0 Å². The summed E-state index contributed by atoms with van der Waals surface area (Å²) in [5.74, 6) is 0.421. The number of aromatic nitrogens is 3. The molecule has 0 spiro atoms. The van der Waals surface area contributed by atoms with Crippen molar-refractivity contribution in [3.63, 3.8) is 0 Å². The topological polar surface area (TPSA) is 66.0 Å². The number of hydrogen-bond acceptors (Lipinski definition) is 4. The molecule has 0 aliphatic carbocycles. The standard InChI is InChI=1S/C6H12N4O/c1-2-3-11-5-10-8-4-6(7)9-10/h4H,2-3,5H2,1H3,(H2,7,9). The fraction of sp³-hybridized carbons (Fsp3) is 0.667. The van der Waals surface area contributed by atoms with Crippen LogP contribution in [0.15, 0.2) is 6.20 Å². The van der Waals surface area contributed by atoms with Crippen LogP contribution in [0, 0.1) is 0 Å². The SMILES string of the molecule is CCCOCn1ncc(N)n1. The van der Waals surface area contributed by atoms with Crippen molar-refractivity contribution in [2.75, 3.05) is 12.3 Å². The maximum Gasteiger partial charge on any atom is 0.166 e. The summed E-state index contributed by atoms with van der Waals surface area (Å²) in [7, 11) is 0. The number of anilines is 1. The van der Waals surface area contributed by atoms with E-state index in [1.807, 2.05) is 6.92 Å². The number of rotatable bonds is 4. The molecule has 5 nitrogen and oxygen atoms in total. The van der Waals surface area contributed by atoms with Crippen molar-refractivity contribution in [3.05, 3.63) is 6.20 Å². The number of hydrogen-bond donors (Lipinski definition) is 1. The van der Waals surface area contributed by atoms with Crippen LogP contribution < -0.4 is 5.73 Å². The first-order chi connectivity index (χ1) is 5.33. The molecule has 1 rings (SSSR count). The Kier molecular flexibility index (Phi) is 2.85. The molecule has 0 saturated heterocycles. The van der Waals surface area contributed by atoms with Gasteiger partial charge >= 0.3 is 0 Å². The fourth-order valence-electron chi connectivity index (χ4n) is 0.663. The van der Waals surface area contributed by atoms with E-state index in [9.17, 15) is 0 Å². The number of nitrogens with two attached hydrogens (primary N) is 1. The molecule has 0 aromatic carbocycles. The van der Waals surface area contributed by atoms with Gasteiger partial charge in [0.25, 0.3) is 0 Å². The van der Waals surface area contributed by atoms with Crippen LogP contribution in [0.5, 0.6) is 0 Å². The van der Waals surface area contributed by atoms with Crippen molar-refractivity contribution < 1.29 is 4.74 Å². The fourth-order valence-corrected chi connectivity index (χ4v) is 0.663. The predicted molar refractivity (Wildman–Crippen MR) is 40.7 cm³/mol. The van der Waals surface area contributed by atoms with Crippen molar-refractivity contribution in [1.29, 1.82) is 0 Å². The first kappa shape index (κ1) is 8.00. The third kappa shape index (κ3) is 2.55. The average Bonchev–Trinajstić information content (AvgIpc) is 2.37. The molecule has 0 radical (unpaired) electrons. The van der Waals surface area contributed by atoms with Crippen LogP contribution in [0.3, 0.4) is 0 Å². The molecule has 0 fully saturated rings. The second-order valence-corrected chi connectivity index (χ2v) is 2.18. The van der Waals surface area contributed by atoms with Crippen molar-refractivity contribution in [1.82, 2.24) is 15.0 Å². The Balaban J connectivity index is 2.27. The molecule has 1 heterocycles. The van der Waals surface area contributed by atoms with Crippen LogP contribution in [0.2, 0.25) is 0 Å². The number of nitrogen functional groups attached to an aromatic ring is 1. The molecule has 2 N–H and O–H groups in total. The number of ether oxygens (including phenoxy) is 1. The van der Waals surface area contributed by atoms with Crippen LogP contribution in [0.1, 0.15) is 13.3 Å². The van der Waals surface area contributed by atoms with Crippen molar-refractivity contribution in [3.8, 4) is 0 Å². The van der Waals surface area contributed by atoms with Crippen LogP contribution in [-0.2, 0) is 11.5 Å². The molecule has 62 valence electrons. The minimum Gasteiger partial charge on any atom is -0.381 e. The third-order valence-corrected chi connectivity index (χ3v) is 1.11. The summed E-state index contributed by atoms with van der Waals surface area (Å²) in [5, 5.41) is 7.68. The Morgan fingerprint density at radius 3 is 3.09 bits per heavy atom. The van der Waals surface area contributed by atoms with Crippen molar-refractivity contribution in [2.24, 2.45) is 0 Å². The summed E-state index contributed by atoms with van der Waals surface area (Å²) in [5.41, 5.74) is 5.33. The van der Waals surface area contributed by atoms with Crippen molar-refractivity contribution >= 4 is 5.82 Å². The first-order valence-corrected chi connectivity index (χ1v) is 3.56. The third-order valence-electron chi connectivity index (χ3n) is 1.11. The Bertz CT molecular complexity index is 210. The van der Waals surface area contributed by atoms with Crippen molar-refractivity contribution in [2.45, 2.75) is 20.1 Å². The highest BCUT2D eigenvalue weighted by molar-refractivity contribution is 5.19. The van der Waals surface area contributed by atoms with Gasteiger partial charge in [-0.05, 0) is 6.42 Å². The molecule has 0 bridgehead atoms. The lowest BCUT2D eigenvalue weighted by Gasteiger charge is -1.99. The van der Waals surface area contributed by atoms with E-state index in [0.717, 1.165) is 13.0 Å². The zero-order chi connectivity index (χ0) is 8.10. The van der Waals surface area contributed by atoms with Gasteiger partial charge in [0.1, 0.15) is 0 Å². The Hall–Kier alpha value is -1.10. The molecule has 1 aromatic rings. The second-order valence-electron chi connectivity index (χ2n) is 2.18. The molecule has 0 saturated carbocycles. The van der Waals surface area contributed by atoms with E-state index < -0.39 is 0 Å². The largest absolute Gasteiger partial charge is 0.381 e. The van der Waals surface area contributed by atoms with E-state index >= 15 is 0 Å². The molecular weight excluding hydrogens is 144 g/mol. The van der Waals surface area contributed by atoms with Gasteiger partial charge in [-0.25, -0.2) is 0 Å². The lowest BCUT2D eigenvalue weighted by Crippen LogP contribution is -2.06. The molecule has 1 aromatic heterocycles. The highest BCUT2D eigenvalue weighted by atomic mass is 16.5. The lowest BCUT2D eigenvalue weighted by molar-refractivity contribution is 0.0599. The Morgan fingerprint density at radius 2 is 2.55 bits per heavy atom. The van der Waals surface area contributed by atoms with Gasteiger partial charge in [0.15, 0.2) is 12.5 Å². The monoisotopic (exact) mass is 156 g/mol. The van der Waals surface area contributed by atoms with Crippen LogP contribution in [0.25, 0.3) is 0 Å². The Labute approximate surface area is 65.1 Å². The smallest absolute Gasteiger partial charge is 0.166 e. The van der Waals surface area contributed by atoms with Gasteiger partial charge in [-0.1, -0.05) is 6.92 Å². The zero-order valence-corrected chi connectivity index (χ0v) is 6.53. The van der Waals surface area contributed by atoms with Gasteiger partial charge in [-0.2, -0.15) is 9.90 Å². The van der Waals surface area contributed by atoms with Crippen LogP contribution in [-0.4, -0.2) is 21.6 Å². The molecule has 0 aliphatic heterocycles. The summed E-state index contributed by atoms with van der Waals surface area (Å²) in [4.78, 5) is 1.42. The van der Waals surface area contributed by atoms with E-state index in [-0.39, 0.29) is 0 Å². The minimum absolute atomic E-state index is 0.380. The summed E-state index contributed by atoms with van der Waals surface area (Å²) < 4.78 is 5.16.